The van der Waals surface area contributed by atoms with E-state index in [2.05, 4.69) is 37.0 Å². The van der Waals surface area contributed by atoms with Crippen molar-refractivity contribution in [2.24, 2.45) is 0 Å². The zero-order valence-electron chi connectivity index (χ0n) is 23.0. The Morgan fingerprint density at radius 2 is 1.76 bits per heavy atom. The van der Waals surface area contributed by atoms with Gasteiger partial charge >= 0.3 is 0 Å². The Balaban J connectivity index is 1.36. The number of piperazine rings is 1. The highest BCUT2D eigenvalue weighted by Crippen LogP contribution is 2.42. The van der Waals surface area contributed by atoms with Gasteiger partial charge in [-0.3, -0.25) is 9.69 Å². The maximum absolute atomic E-state index is 15.1. The van der Waals surface area contributed by atoms with Crippen molar-refractivity contribution < 1.29 is 27.1 Å². The number of pyridine rings is 1. The van der Waals surface area contributed by atoms with Crippen molar-refractivity contribution in [2.75, 3.05) is 42.9 Å². The van der Waals surface area contributed by atoms with E-state index >= 15 is 4.39 Å². The number of anilines is 3. The molecule has 2 aliphatic heterocycles. The lowest BCUT2D eigenvalue weighted by Gasteiger charge is -2.36. The van der Waals surface area contributed by atoms with E-state index in [1.807, 2.05) is 6.07 Å². The molecule has 1 amide bonds. The van der Waals surface area contributed by atoms with Crippen molar-refractivity contribution in [1.82, 2.24) is 24.8 Å². The molecule has 1 atom stereocenters. The van der Waals surface area contributed by atoms with E-state index in [-0.39, 0.29) is 22.9 Å². The van der Waals surface area contributed by atoms with Gasteiger partial charge in [0.05, 0.1) is 11.9 Å². The summed E-state index contributed by atoms with van der Waals surface area (Å²) < 4.78 is 61.9. The second kappa shape index (κ2) is 12.0. The minimum absolute atomic E-state index is 0.0151. The molecule has 0 saturated carbocycles. The van der Waals surface area contributed by atoms with Gasteiger partial charge in [-0.05, 0) is 44.2 Å². The normalized spacial score (nSPS) is 18.1. The number of benzene rings is 1. The van der Waals surface area contributed by atoms with Crippen LogP contribution in [0.25, 0.3) is 11.3 Å². The number of hydrogen-bond acceptors (Lipinski definition) is 8. The number of rotatable bonds is 8. The number of carbonyl (C=O) groups is 1. The molecule has 0 aliphatic carbocycles. The molecule has 1 unspecified atom stereocenters. The van der Waals surface area contributed by atoms with Gasteiger partial charge in [0.15, 0.2) is 17.4 Å². The molecule has 41 heavy (non-hydrogen) atoms. The molecule has 0 bridgehead atoms. The smallest absolute Gasteiger partial charge is 0.283 e. The van der Waals surface area contributed by atoms with Crippen LogP contribution in [0.3, 0.4) is 0 Å². The summed E-state index contributed by atoms with van der Waals surface area (Å²) in [5, 5.41) is 2.93. The number of nitrogens with zero attached hydrogens (tertiary/aromatic N) is 6. The molecule has 2 aliphatic rings. The molecule has 4 heterocycles. The van der Waals surface area contributed by atoms with Crippen LogP contribution in [0, 0.1) is 11.6 Å². The van der Waals surface area contributed by atoms with Crippen LogP contribution in [0.15, 0.2) is 36.7 Å². The summed E-state index contributed by atoms with van der Waals surface area (Å²) in [6.45, 7) is 11.2. The third-order valence-corrected chi connectivity index (χ3v) is 7.15. The lowest BCUT2D eigenvalue weighted by atomic mass is 10.0. The first-order chi connectivity index (χ1) is 19.6. The first-order valence-corrected chi connectivity index (χ1v) is 13.5. The van der Waals surface area contributed by atoms with Crippen LogP contribution < -0.4 is 15.0 Å². The third-order valence-electron chi connectivity index (χ3n) is 7.15. The van der Waals surface area contributed by atoms with E-state index in [0.29, 0.717) is 5.82 Å². The molecule has 1 saturated heterocycles. The van der Waals surface area contributed by atoms with Crippen molar-refractivity contribution in [1.29, 1.82) is 0 Å². The van der Waals surface area contributed by atoms with Crippen LogP contribution in [-0.4, -0.2) is 82.0 Å². The van der Waals surface area contributed by atoms with Crippen molar-refractivity contribution in [3.63, 3.8) is 0 Å². The number of halogens is 4. The predicted molar refractivity (Wildman–Crippen MR) is 145 cm³/mol. The highest BCUT2D eigenvalue weighted by Gasteiger charge is 2.43. The van der Waals surface area contributed by atoms with E-state index in [1.54, 1.807) is 26.1 Å². The Labute approximate surface area is 235 Å². The summed E-state index contributed by atoms with van der Waals surface area (Å²) >= 11 is 0. The van der Waals surface area contributed by atoms with E-state index in [9.17, 15) is 18.0 Å². The molecule has 5 rings (SSSR count). The molecule has 13 heteroatoms. The standard InChI is InChI=1S/C28H31F4N7O2/c1-4-37-7-9-38(10-8-37)15-17-5-6-22(33-13-17)35-28-34-14-20(30)23(36-28)18-11-19(29)24-21(12-18)39(16(2)3)27(40)25(41-24)26(31)32/h5-6,11-14,16,25-26H,4,7-10,15H2,1-3H3,(H,33,34,35,36). The molecular formula is C28H31F4N7O2. The van der Waals surface area contributed by atoms with Crippen LogP contribution >= 0.6 is 0 Å². The average molecular weight is 574 g/mol. The first kappa shape index (κ1) is 28.7. The van der Waals surface area contributed by atoms with Gasteiger partial charge in [0, 0.05) is 50.5 Å². The summed E-state index contributed by atoms with van der Waals surface area (Å²) in [5.74, 6) is -2.94. The molecule has 2 aromatic heterocycles. The highest BCUT2D eigenvalue weighted by atomic mass is 19.3. The maximum Gasteiger partial charge on any atom is 0.283 e. The fourth-order valence-corrected chi connectivity index (χ4v) is 4.99. The number of ether oxygens (including phenoxy) is 1. The Bertz CT molecular complexity index is 1400. The number of alkyl halides is 2. The first-order valence-electron chi connectivity index (χ1n) is 13.5. The zero-order chi connectivity index (χ0) is 29.3. The number of carbonyl (C=O) groups excluding carboxylic acids is 1. The SMILES string of the molecule is CCN1CCN(Cc2ccc(Nc3ncc(F)c(-c4cc(F)c5c(c4)N(C(C)C)C(=O)C(C(F)F)O5)n3)nc2)CC1. The van der Waals surface area contributed by atoms with Gasteiger partial charge in [0.25, 0.3) is 12.3 Å². The van der Waals surface area contributed by atoms with Crippen molar-refractivity contribution in [3.05, 3.63) is 53.9 Å². The number of fused-ring (bicyclic) bond motifs is 1. The lowest BCUT2D eigenvalue weighted by Crippen LogP contribution is -2.52. The molecule has 1 fully saturated rings. The molecular weight excluding hydrogens is 542 g/mol. The average Bonchev–Trinajstić information content (AvgIpc) is 2.94. The summed E-state index contributed by atoms with van der Waals surface area (Å²) in [5.41, 5.74) is 0.691. The van der Waals surface area contributed by atoms with Gasteiger partial charge in [-0.1, -0.05) is 13.0 Å². The predicted octanol–water partition coefficient (Wildman–Crippen LogP) is 4.47. The van der Waals surface area contributed by atoms with E-state index in [1.165, 1.54) is 6.07 Å². The number of nitrogens with one attached hydrogen (secondary N) is 1. The highest BCUT2D eigenvalue weighted by molar-refractivity contribution is 6.01. The second-order valence-electron chi connectivity index (χ2n) is 10.3. The van der Waals surface area contributed by atoms with E-state index in [4.69, 9.17) is 4.74 Å². The zero-order valence-corrected chi connectivity index (χ0v) is 23.0. The third kappa shape index (κ3) is 6.10. The Morgan fingerprint density at radius 3 is 2.39 bits per heavy atom. The molecule has 0 spiro atoms. The van der Waals surface area contributed by atoms with Crippen LogP contribution in [0.1, 0.15) is 26.3 Å². The molecule has 1 N–H and O–H groups in total. The largest absolute Gasteiger partial charge is 0.469 e. The van der Waals surface area contributed by atoms with Gasteiger partial charge in [0.2, 0.25) is 12.1 Å². The van der Waals surface area contributed by atoms with Crippen molar-refractivity contribution in [3.8, 4) is 17.0 Å². The second-order valence-corrected chi connectivity index (χ2v) is 10.3. The van der Waals surface area contributed by atoms with Gasteiger partial charge in [0.1, 0.15) is 11.5 Å². The summed E-state index contributed by atoms with van der Waals surface area (Å²) in [7, 11) is 0. The van der Waals surface area contributed by atoms with Crippen LogP contribution in [-0.2, 0) is 11.3 Å². The summed E-state index contributed by atoms with van der Waals surface area (Å²) in [6, 6.07) is 5.34. The van der Waals surface area contributed by atoms with E-state index in [0.717, 1.165) is 62.0 Å². The molecule has 1 aromatic carbocycles. The molecule has 9 nitrogen and oxygen atoms in total. The minimum atomic E-state index is -3.15. The topological polar surface area (TPSA) is 86.7 Å². The monoisotopic (exact) mass is 573 g/mol. The fraction of sp³-hybridized carbons (Fsp3) is 0.429. The number of aromatic nitrogens is 3. The van der Waals surface area contributed by atoms with E-state index < -0.39 is 41.9 Å². The maximum atomic E-state index is 15.1. The number of amides is 1. The van der Waals surface area contributed by atoms with Crippen molar-refractivity contribution >= 4 is 23.4 Å². The quantitative estimate of drug-likeness (QED) is 0.396. The summed E-state index contributed by atoms with van der Waals surface area (Å²) in [6.07, 6.45) is -2.60. The van der Waals surface area contributed by atoms with Gasteiger partial charge < -0.3 is 19.9 Å². The minimum Gasteiger partial charge on any atom is -0.469 e. The van der Waals surface area contributed by atoms with Crippen LogP contribution in [0.2, 0.25) is 0 Å². The van der Waals surface area contributed by atoms with Gasteiger partial charge in [-0.25, -0.2) is 32.5 Å². The van der Waals surface area contributed by atoms with Crippen molar-refractivity contribution in [2.45, 2.75) is 45.9 Å². The Kier molecular flexibility index (Phi) is 8.36. The molecule has 218 valence electrons. The number of likely N-dealkylation sites (N-methyl/N-ethyl adjacent to an activating group) is 1. The molecule has 0 radical (unpaired) electrons. The summed E-state index contributed by atoms with van der Waals surface area (Å²) in [4.78, 5) is 31.1. The fourth-order valence-electron chi connectivity index (χ4n) is 4.99. The Morgan fingerprint density at radius 1 is 1.02 bits per heavy atom. The number of hydrogen-bond donors (Lipinski definition) is 1. The Hall–Kier alpha value is -3.84. The van der Waals surface area contributed by atoms with Crippen LogP contribution in [0.4, 0.5) is 35.0 Å². The molecule has 3 aromatic rings. The lowest BCUT2D eigenvalue weighted by molar-refractivity contribution is -0.134. The van der Waals surface area contributed by atoms with Crippen LogP contribution in [0.5, 0.6) is 5.75 Å². The van der Waals surface area contributed by atoms with Gasteiger partial charge in [-0.15, -0.1) is 0 Å². The van der Waals surface area contributed by atoms with Gasteiger partial charge in [-0.2, -0.15) is 0 Å².